The Morgan fingerprint density at radius 2 is 0.878 bits per heavy atom. The van der Waals surface area contributed by atoms with Gasteiger partial charge >= 0.3 is 17.9 Å². The van der Waals surface area contributed by atoms with E-state index in [2.05, 4.69) is 5.32 Å². The summed E-state index contributed by atoms with van der Waals surface area (Å²) in [6.45, 7) is 21.8. The van der Waals surface area contributed by atoms with Gasteiger partial charge in [0.1, 0.15) is 23.9 Å². The molecule has 3 saturated heterocycles. The number of ether oxygens (including phenoxy) is 3. The number of carbonyl (C=O) groups is 3. The molecule has 0 unspecified atom stereocenters. The van der Waals surface area contributed by atoms with Crippen molar-refractivity contribution < 1.29 is 47.8 Å². The number of esters is 3. The fourth-order valence-corrected chi connectivity index (χ4v) is 8.59. The molecule has 0 saturated carbocycles. The standard InChI is InChI=1S/C36H55F2N3O8/c1-31(2)14-20(15-32(3,4)39-31)47-28(42)23-13-24(29(43)48-21-16-33(5,6)40(45)34(7,8)17-21)27(38)25(26(23)37)30(44)49-22-18-35(9,10)41(46)36(11,12)19-22/h13,20-22,39,45-46H,14-19H2,1-12H3. The Morgan fingerprint density at radius 3 is 1.20 bits per heavy atom. The van der Waals surface area contributed by atoms with Crippen LogP contribution in [0.4, 0.5) is 8.78 Å². The van der Waals surface area contributed by atoms with Gasteiger partial charge in [0.05, 0.1) is 11.1 Å². The quantitative estimate of drug-likeness (QED) is 0.220. The Labute approximate surface area is 288 Å². The highest BCUT2D eigenvalue weighted by molar-refractivity contribution is 6.01. The molecular weight excluding hydrogens is 640 g/mol. The van der Waals surface area contributed by atoms with Crippen LogP contribution in [0.1, 0.15) is 153 Å². The molecule has 49 heavy (non-hydrogen) atoms. The van der Waals surface area contributed by atoms with E-state index in [1.165, 1.54) is 10.1 Å². The fourth-order valence-electron chi connectivity index (χ4n) is 8.59. The molecule has 0 amide bonds. The van der Waals surface area contributed by atoms with Crippen molar-refractivity contribution in [3.05, 3.63) is 34.4 Å². The van der Waals surface area contributed by atoms with Crippen LogP contribution in [0.5, 0.6) is 0 Å². The number of hydrogen-bond acceptors (Lipinski definition) is 11. The van der Waals surface area contributed by atoms with Crippen molar-refractivity contribution in [1.82, 2.24) is 15.4 Å². The zero-order chi connectivity index (χ0) is 37.3. The summed E-state index contributed by atoms with van der Waals surface area (Å²) in [5.74, 6) is -6.80. The van der Waals surface area contributed by atoms with E-state index in [-0.39, 0.29) is 25.7 Å². The fraction of sp³-hybridized carbons (Fsp3) is 0.750. The van der Waals surface area contributed by atoms with Gasteiger partial charge in [-0.25, -0.2) is 23.2 Å². The van der Waals surface area contributed by atoms with Crippen molar-refractivity contribution in [2.45, 2.75) is 173 Å². The van der Waals surface area contributed by atoms with E-state index in [0.717, 1.165) is 6.07 Å². The van der Waals surface area contributed by atoms with Crippen LogP contribution in [0.2, 0.25) is 0 Å². The maximum Gasteiger partial charge on any atom is 0.344 e. The molecule has 1 aromatic carbocycles. The molecule has 11 nitrogen and oxygen atoms in total. The van der Waals surface area contributed by atoms with Crippen LogP contribution in [0.15, 0.2) is 6.07 Å². The van der Waals surface area contributed by atoms with Gasteiger partial charge in [0.2, 0.25) is 0 Å². The van der Waals surface area contributed by atoms with Gasteiger partial charge in [0.25, 0.3) is 0 Å². The summed E-state index contributed by atoms with van der Waals surface area (Å²) >= 11 is 0. The molecule has 1 aromatic rings. The highest BCUT2D eigenvalue weighted by atomic mass is 19.1. The Morgan fingerprint density at radius 1 is 0.592 bits per heavy atom. The average molecular weight is 696 g/mol. The molecule has 3 fully saturated rings. The summed E-state index contributed by atoms with van der Waals surface area (Å²) in [4.78, 5) is 40.9. The molecule has 3 aliphatic rings. The molecule has 0 aromatic heterocycles. The highest BCUT2D eigenvalue weighted by Gasteiger charge is 2.49. The summed E-state index contributed by atoms with van der Waals surface area (Å²) in [5, 5.41) is 27.2. The number of piperidine rings is 3. The first-order valence-electron chi connectivity index (χ1n) is 17.0. The molecule has 4 rings (SSSR count). The molecule has 0 radical (unpaired) electrons. The molecular formula is C36H55F2N3O8. The van der Waals surface area contributed by atoms with E-state index in [1.807, 2.05) is 27.7 Å². The minimum Gasteiger partial charge on any atom is -0.459 e. The van der Waals surface area contributed by atoms with E-state index >= 15 is 8.78 Å². The average Bonchev–Trinajstić information content (AvgIpc) is 2.87. The largest absolute Gasteiger partial charge is 0.459 e. The predicted octanol–water partition coefficient (Wildman–Crippen LogP) is 6.57. The third kappa shape index (κ3) is 8.27. The normalized spacial score (nSPS) is 25.4. The molecule has 3 N–H and O–H groups in total. The third-order valence-electron chi connectivity index (χ3n) is 10.0. The minimum atomic E-state index is -1.52. The number of carbonyl (C=O) groups excluding carboxylic acids is 3. The molecule has 0 spiro atoms. The van der Waals surface area contributed by atoms with Crippen LogP contribution in [0.25, 0.3) is 0 Å². The van der Waals surface area contributed by atoms with Gasteiger partial charge in [0, 0.05) is 71.8 Å². The molecule has 13 heteroatoms. The van der Waals surface area contributed by atoms with Gasteiger partial charge in [-0.15, -0.1) is 0 Å². The first kappa shape index (κ1) is 39.1. The zero-order valence-electron chi connectivity index (χ0n) is 31.0. The van der Waals surface area contributed by atoms with Crippen LogP contribution in [-0.4, -0.2) is 90.0 Å². The highest BCUT2D eigenvalue weighted by Crippen LogP contribution is 2.40. The molecule has 276 valence electrons. The van der Waals surface area contributed by atoms with Gasteiger partial charge < -0.3 is 29.9 Å². The Balaban J connectivity index is 1.72. The Kier molecular flexibility index (Phi) is 10.2. The second kappa shape index (κ2) is 12.8. The number of nitrogens with one attached hydrogen (secondary N) is 1. The lowest BCUT2D eigenvalue weighted by atomic mass is 9.80. The van der Waals surface area contributed by atoms with E-state index in [4.69, 9.17) is 14.2 Å². The van der Waals surface area contributed by atoms with Crippen molar-refractivity contribution in [3.8, 4) is 0 Å². The lowest BCUT2D eigenvalue weighted by molar-refractivity contribution is -0.256. The number of halogens is 2. The van der Waals surface area contributed by atoms with Gasteiger partial charge in [0.15, 0.2) is 11.6 Å². The Bertz CT molecular complexity index is 1440. The molecule has 0 aliphatic carbocycles. The van der Waals surface area contributed by atoms with E-state index in [9.17, 15) is 24.8 Å². The van der Waals surface area contributed by atoms with Crippen molar-refractivity contribution in [2.24, 2.45) is 0 Å². The van der Waals surface area contributed by atoms with Gasteiger partial charge in [-0.1, -0.05) is 0 Å². The molecule has 3 heterocycles. The molecule has 3 aliphatic heterocycles. The van der Waals surface area contributed by atoms with Crippen molar-refractivity contribution in [1.29, 1.82) is 0 Å². The Hall–Kier alpha value is -2.71. The SMILES string of the molecule is CC1(C)CC(OC(=O)c2cc(C(=O)OC3CC(C)(C)N(O)C(C)(C)C3)c(F)c(C(=O)OC3CC(C)(C)N(O)C(C)(C)C3)c2F)CC(C)(C)N1. The number of nitrogens with zero attached hydrogens (tertiary/aromatic N) is 2. The van der Waals surface area contributed by atoms with Crippen molar-refractivity contribution in [2.75, 3.05) is 0 Å². The van der Waals surface area contributed by atoms with Gasteiger partial charge in [-0.2, -0.15) is 10.1 Å². The third-order valence-corrected chi connectivity index (χ3v) is 10.0. The lowest BCUT2D eigenvalue weighted by Gasteiger charge is -2.50. The van der Waals surface area contributed by atoms with Crippen LogP contribution >= 0.6 is 0 Å². The summed E-state index contributed by atoms with van der Waals surface area (Å²) in [5.41, 5.74) is -6.96. The number of hydroxylamine groups is 4. The number of benzene rings is 1. The summed E-state index contributed by atoms with van der Waals surface area (Å²) in [6, 6.07) is 0.734. The van der Waals surface area contributed by atoms with Crippen molar-refractivity contribution in [3.63, 3.8) is 0 Å². The van der Waals surface area contributed by atoms with Gasteiger partial charge in [-0.3, -0.25) is 0 Å². The summed E-state index contributed by atoms with van der Waals surface area (Å²) in [6.07, 6.45) is -0.775. The first-order chi connectivity index (χ1) is 22.1. The van der Waals surface area contributed by atoms with E-state index in [1.54, 1.807) is 55.4 Å². The second-order valence-electron chi connectivity index (χ2n) is 18.0. The summed E-state index contributed by atoms with van der Waals surface area (Å²) < 4.78 is 49.7. The lowest BCUT2D eigenvalue weighted by Crippen LogP contribution is -2.60. The van der Waals surface area contributed by atoms with E-state index < -0.39 is 97.8 Å². The first-order valence-corrected chi connectivity index (χ1v) is 17.0. The number of rotatable bonds is 6. The maximum atomic E-state index is 16.3. The minimum absolute atomic E-state index is 0.148. The molecule has 0 bridgehead atoms. The smallest absolute Gasteiger partial charge is 0.344 e. The maximum absolute atomic E-state index is 16.3. The van der Waals surface area contributed by atoms with Crippen LogP contribution in [0, 0.1) is 11.6 Å². The second-order valence-corrected chi connectivity index (χ2v) is 18.0. The zero-order valence-corrected chi connectivity index (χ0v) is 31.0. The summed E-state index contributed by atoms with van der Waals surface area (Å²) in [7, 11) is 0. The van der Waals surface area contributed by atoms with Crippen LogP contribution in [-0.2, 0) is 14.2 Å². The monoisotopic (exact) mass is 695 g/mol. The molecule has 0 atom stereocenters. The van der Waals surface area contributed by atoms with Gasteiger partial charge in [-0.05, 0) is 89.2 Å². The number of hydrogen-bond donors (Lipinski definition) is 3. The van der Waals surface area contributed by atoms with Crippen LogP contribution < -0.4 is 5.32 Å². The van der Waals surface area contributed by atoms with E-state index in [0.29, 0.717) is 12.8 Å². The topological polar surface area (TPSA) is 138 Å². The predicted molar refractivity (Wildman–Crippen MR) is 177 cm³/mol. The van der Waals surface area contributed by atoms with Crippen LogP contribution in [0.3, 0.4) is 0 Å². The van der Waals surface area contributed by atoms with Crippen molar-refractivity contribution >= 4 is 17.9 Å².